The van der Waals surface area contributed by atoms with Crippen LogP contribution in [0.2, 0.25) is 10.0 Å². The Morgan fingerprint density at radius 1 is 1.40 bits per heavy atom. The Hall–Kier alpha value is -0.770. The molecule has 0 bridgehead atoms. The van der Waals surface area contributed by atoms with Gasteiger partial charge in [0.2, 0.25) is 5.91 Å². The SMILES string of the molecule is CN(CC(C)(C)O)C(=O)C1CC1c1ccc(Cl)c(Cl)c1. The molecule has 1 aliphatic rings. The van der Waals surface area contributed by atoms with E-state index >= 15 is 0 Å². The Morgan fingerprint density at radius 2 is 2.05 bits per heavy atom. The number of nitrogens with zero attached hydrogens (tertiary/aromatic N) is 1. The highest BCUT2D eigenvalue weighted by atomic mass is 35.5. The lowest BCUT2D eigenvalue weighted by molar-refractivity contribution is -0.134. The van der Waals surface area contributed by atoms with Crippen molar-refractivity contribution < 1.29 is 9.90 Å². The van der Waals surface area contributed by atoms with E-state index in [1.165, 1.54) is 0 Å². The first kappa shape index (κ1) is 15.6. The van der Waals surface area contributed by atoms with Crippen LogP contribution in [0.25, 0.3) is 0 Å². The number of aliphatic hydroxyl groups is 1. The van der Waals surface area contributed by atoms with E-state index in [2.05, 4.69) is 0 Å². The van der Waals surface area contributed by atoms with Crippen LogP contribution in [0.15, 0.2) is 18.2 Å². The summed E-state index contributed by atoms with van der Waals surface area (Å²) in [5, 5.41) is 10.8. The second kappa shape index (κ2) is 5.55. The minimum atomic E-state index is -0.877. The van der Waals surface area contributed by atoms with Gasteiger partial charge < -0.3 is 10.0 Å². The highest BCUT2D eigenvalue weighted by molar-refractivity contribution is 6.42. The van der Waals surface area contributed by atoms with Gasteiger partial charge in [-0.05, 0) is 43.9 Å². The van der Waals surface area contributed by atoms with Gasteiger partial charge in [-0.3, -0.25) is 4.79 Å². The first-order valence-electron chi connectivity index (χ1n) is 6.61. The molecule has 1 aromatic rings. The molecule has 0 heterocycles. The van der Waals surface area contributed by atoms with E-state index in [0.717, 1.165) is 12.0 Å². The van der Waals surface area contributed by atoms with E-state index < -0.39 is 5.60 Å². The normalized spacial score (nSPS) is 21.7. The lowest BCUT2D eigenvalue weighted by atomic mass is 10.1. The van der Waals surface area contributed by atoms with Crippen LogP contribution in [0.1, 0.15) is 31.7 Å². The van der Waals surface area contributed by atoms with Crippen molar-refractivity contribution in [3.63, 3.8) is 0 Å². The van der Waals surface area contributed by atoms with E-state index in [-0.39, 0.29) is 17.7 Å². The summed E-state index contributed by atoms with van der Waals surface area (Å²) in [5.41, 5.74) is 0.174. The van der Waals surface area contributed by atoms with E-state index in [4.69, 9.17) is 23.2 Å². The topological polar surface area (TPSA) is 40.5 Å². The van der Waals surface area contributed by atoms with Gasteiger partial charge in [0, 0.05) is 19.5 Å². The first-order chi connectivity index (χ1) is 9.19. The molecule has 0 aromatic heterocycles. The number of amides is 1. The van der Waals surface area contributed by atoms with Gasteiger partial charge in [0.25, 0.3) is 0 Å². The molecule has 2 atom stereocenters. The van der Waals surface area contributed by atoms with Crippen LogP contribution in [-0.4, -0.2) is 35.1 Å². The van der Waals surface area contributed by atoms with Crippen LogP contribution in [0.3, 0.4) is 0 Å². The lowest BCUT2D eigenvalue weighted by Gasteiger charge is -2.25. The van der Waals surface area contributed by atoms with Crippen molar-refractivity contribution in [3.8, 4) is 0 Å². The third-order valence-electron chi connectivity index (χ3n) is 3.48. The van der Waals surface area contributed by atoms with Crippen molar-refractivity contribution in [2.45, 2.75) is 31.8 Å². The Balaban J connectivity index is 2.00. The summed E-state index contributed by atoms with van der Waals surface area (Å²) in [6.45, 7) is 3.72. The standard InChI is InChI=1S/C15H19Cl2NO2/c1-15(2,20)8-18(3)14(19)11-7-10(11)9-4-5-12(16)13(17)6-9/h4-6,10-11,20H,7-8H2,1-3H3. The summed E-state index contributed by atoms with van der Waals surface area (Å²) < 4.78 is 0. The Morgan fingerprint density at radius 3 is 2.60 bits per heavy atom. The zero-order valence-electron chi connectivity index (χ0n) is 11.9. The summed E-state index contributed by atoms with van der Waals surface area (Å²) >= 11 is 11.9. The lowest BCUT2D eigenvalue weighted by Crippen LogP contribution is -2.40. The van der Waals surface area contributed by atoms with Crippen LogP contribution in [0.5, 0.6) is 0 Å². The predicted molar refractivity (Wildman–Crippen MR) is 81.2 cm³/mol. The van der Waals surface area contributed by atoms with Gasteiger partial charge >= 0.3 is 0 Å². The zero-order valence-corrected chi connectivity index (χ0v) is 13.4. The van der Waals surface area contributed by atoms with Gasteiger partial charge in [0.15, 0.2) is 0 Å². The molecule has 1 aliphatic carbocycles. The molecular formula is C15H19Cl2NO2. The average Bonchev–Trinajstić information content (AvgIpc) is 3.09. The Kier molecular flexibility index (Phi) is 4.33. The average molecular weight is 316 g/mol. The van der Waals surface area contributed by atoms with E-state index in [0.29, 0.717) is 16.6 Å². The van der Waals surface area contributed by atoms with E-state index in [1.54, 1.807) is 31.9 Å². The fourth-order valence-corrected chi connectivity index (χ4v) is 2.83. The van der Waals surface area contributed by atoms with Gasteiger partial charge in [0.05, 0.1) is 15.6 Å². The quantitative estimate of drug-likeness (QED) is 0.925. The molecule has 2 unspecified atom stereocenters. The molecular weight excluding hydrogens is 297 g/mol. The minimum Gasteiger partial charge on any atom is -0.389 e. The number of hydrogen-bond donors (Lipinski definition) is 1. The molecule has 3 nitrogen and oxygen atoms in total. The molecule has 0 spiro atoms. The smallest absolute Gasteiger partial charge is 0.226 e. The summed E-state index contributed by atoms with van der Waals surface area (Å²) in [4.78, 5) is 13.9. The van der Waals surface area contributed by atoms with Crippen molar-refractivity contribution in [1.82, 2.24) is 4.90 Å². The maximum atomic E-state index is 12.3. The monoisotopic (exact) mass is 315 g/mol. The first-order valence-corrected chi connectivity index (χ1v) is 7.37. The van der Waals surface area contributed by atoms with Crippen molar-refractivity contribution >= 4 is 29.1 Å². The third-order valence-corrected chi connectivity index (χ3v) is 4.22. The molecule has 0 radical (unpaired) electrons. The van der Waals surface area contributed by atoms with Crippen LogP contribution in [-0.2, 0) is 4.79 Å². The van der Waals surface area contributed by atoms with Crippen LogP contribution in [0, 0.1) is 5.92 Å². The van der Waals surface area contributed by atoms with Crippen molar-refractivity contribution in [2.24, 2.45) is 5.92 Å². The molecule has 1 saturated carbocycles. The zero-order chi connectivity index (χ0) is 15.1. The largest absolute Gasteiger partial charge is 0.389 e. The molecule has 2 rings (SSSR count). The van der Waals surface area contributed by atoms with Crippen molar-refractivity contribution in [2.75, 3.05) is 13.6 Å². The summed E-state index contributed by atoms with van der Waals surface area (Å²) in [6.07, 6.45) is 0.826. The minimum absolute atomic E-state index is 0.0143. The number of benzene rings is 1. The molecule has 1 amide bonds. The van der Waals surface area contributed by atoms with Gasteiger partial charge in [-0.15, -0.1) is 0 Å². The van der Waals surface area contributed by atoms with Gasteiger partial charge in [-0.25, -0.2) is 0 Å². The molecule has 0 saturated heterocycles. The molecule has 1 fully saturated rings. The number of carbonyl (C=O) groups excluding carboxylic acids is 1. The predicted octanol–water partition coefficient (Wildman–Crippen LogP) is 3.33. The Labute approximate surface area is 129 Å². The highest BCUT2D eigenvalue weighted by Crippen LogP contribution is 2.49. The molecule has 0 aliphatic heterocycles. The fraction of sp³-hybridized carbons (Fsp3) is 0.533. The Bertz CT molecular complexity index is 525. The molecule has 110 valence electrons. The number of halogens is 2. The second-order valence-electron chi connectivity index (χ2n) is 6.13. The number of rotatable bonds is 4. The summed E-state index contributed by atoms with van der Waals surface area (Å²) in [7, 11) is 1.73. The third kappa shape index (κ3) is 3.66. The maximum absolute atomic E-state index is 12.3. The van der Waals surface area contributed by atoms with E-state index in [9.17, 15) is 9.90 Å². The molecule has 1 aromatic carbocycles. The maximum Gasteiger partial charge on any atom is 0.226 e. The van der Waals surface area contributed by atoms with Gasteiger partial charge in [0.1, 0.15) is 0 Å². The number of carbonyl (C=O) groups is 1. The van der Waals surface area contributed by atoms with E-state index in [1.807, 2.05) is 12.1 Å². The fourth-order valence-electron chi connectivity index (χ4n) is 2.52. The number of hydrogen-bond acceptors (Lipinski definition) is 2. The summed E-state index contributed by atoms with van der Waals surface area (Å²) in [6, 6.07) is 5.51. The summed E-state index contributed by atoms with van der Waals surface area (Å²) in [5.74, 6) is 0.268. The van der Waals surface area contributed by atoms with Crippen LogP contribution in [0.4, 0.5) is 0 Å². The van der Waals surface area contributed by atoms with Crippen LogP contribution < -0.4 is 0 Å². The van der Waals surface area contributed by atoms with Crippen LogP contribution >= 0.6 is 23.2 Å². The molecule has 20 heavy (non-hydrogen) atoms. The van der Waals surface area contributed by atoms with Crippen molar-refractivity contribution in [1.29, 1.82) is 0 Å². The second-order valence-corrected chi connectivity index (χ2v) is 6.94. The van der Waals surface area contributed by atoms with Gasteiger partial charge in [-0.2, -0.15) is 0 Å². The highest BCUT2D eigenvalue weighted by Gasteiger charge is 2.45. The molecule has 5 heteroatoms. The van der Waals surface area contributed by atoms with Gasteiger partial charge in [-0.1, -0.05) is 29.3 Å². The molecule has 1 N–H and O–H groups in total. The number of likely N-dealkylation sites (N-methyl/N-ethyl adjacent to an activating group) is 1. The van der Waals surface area contributed by atoms with Crippen molar-refractivity contribution in [3.05, 3.63) is 33.8 Å².